The molecule has 0 aliphatic rings. The van der Waals surface area contributed by atoms with E-state index in [4.69, 9.17) is 5.11 Å². The van der Waals surface area contributed by atoms with E-state index in [9.17, 15) is 18.0 Å². The first-order valence-corrected chi connectivity index (χ1v) is 5.44. The molecule has 0 bridgehead atoms. The van der Waals surface area contributed by atoms with E-state index in [2.05, 4.69) is 0 Å². The Hall–Kier alpha value is -1.52. The highest BCUT2D eigenvalue weighted by Gasteiger charge is 2.33. The van der Waals surface area contributed by atoms with E-state index < -0.39 is 23.1 Å². The maximum absolute atomic E-state index is 12.7. The van der Waals surface area contributed by atoms with Gasteiger partial charge in [0.15, 0.2) is 0 Å². The second-order valence-corrected chi connectivity index (χ2v) is 5.01. The summed E-state index contributed by atoms with van der Waals surface area (Å²) in [5, 5.41) is 8.96. The van der Waals surface area contributed by atoms with Crippen molar-refractivity contribution in [3.8, 4) is 0 Å². The molecule has 0 amide bonds. The quantitative estimate of drug-likeness (QED) is 0.900. The van der Waals surface area contributed by atoms with Crippen molar-refractivity contribution in [3.05, 3.63) is 34.9 Å². The van der Waals surface area contributed by atoms with Crippen LogP contribution in [0.25, 0.3) is 0 Å². The van der Waals surface area contributed by atoms with Crippen molar-refractivity contribution in [3.63, 3.8) is 0 Å². The molecule has 0 spiro atoms. The van der Waals surface area contributed by atoms with Crippen molar-refractivity contribution in [1.29, 1.82) is 0 Å². The van der Waals surface area contributed by atoms with Gasteiger partial charge in [-0.25, -0.2) is 0 Å². The van der Waals surface area contributed by atoms with Crippen molar-refractivity contribution in [2.45, 2.75) is 33.4 Å². The zero-order valence-electron chi connectivity index (χ0n) is 10.4. The van der Waals surface area contributed by atoms with Gasteiger partial charge >= 0.3 is 12.1 Å². The molecule has 0 atom stereocenters. The summed E-state index contributed by atoms with van der Waals surface area (Å²) in [6.45, 7) is 4.36. The largest absolute Gasteiger partial charge is 0.481 e. The highest BCUT2D eigenvalue weighted by atomic mass is 19.4. The van der Waals surface area contributed by atoms with Gasteiger partial charge in [0.1, 0.15) is 0 Å². The summed E-state index contributed by atoms with van der Waals surface area (Å²) < 4.78 is 38.1. The minimum atomic E-state index is -4.41. The lowest BCUT2D eigenvalue weighted by Crippen LogP contribution is -2.26. The van der Waals surface area contributed by atoms with Gasteiger partial charge in [-0.3, -0.25) is 4.79 Å². The van der Waals surface area contributed by atoms with Crippen LogP contribution in [-0.4, -0.2) is 11.1 Å². The fourth-order valence-electron chi connectivity index (χ4n) is 1.67. The van der Waals surface area contributed by atoms with Gasteiger partial charge in [0.05, 0.1) is 11.0 Å². The van der Waals surface area contributed by atoms with Gasteiger partial charge in [0, 0.05) is 0 Å². The molecule has 0 heterocycles. The van der Waals surface area contributed by atoms with Crippen LogP contribution in [0, 0.1) is 12.3 Å². The van der Waals surface area contributed by atoms with Crippen molar-refractivity contribution < 1.29 is 23.1 Å². The SMILES string of the molecule is Cc1ccc(CC(C)(C)C(=O)O)cc1C(F)(F)F. The maximum atomic E-state index is 12.7. The molecule has 0 radical (unpaired) electrons. The highest BCUT2D eigenvalue weighted by Crippen LogP contribution is 2.33. The number of carboxylic acids is 1. The summed E-state index contributed by atoms with van der Waals surface area (Å²) in [4.78, 5) is 11.0. The molecule has 0 saturated carbocycles. The van der Waals surface area contributed by atoms with Gasteiger partial charge < -0.3 is 5.11 Å². The van der Waals surface area contributed by atoms with Crippen LogP contribution < -0.4 is 0 Å². The molecule has 0 aliphatic heterocycles. The van der Waals surface area contributed by atoms with Gasteiger partial charge in [-0.05, 0) is 44.4 Å². The molecule has 1 rings (SSSR count). The fraction of sp³-hybridized carbons (Fsp3) is 0.462. The minimum Gasteiger partial charge on any atom is -0.481 e. The first-order chi connectivity index (χ1) is 8.04. The molecule has 0 aliphatic carbocycles. The molecule has 0 aromatic heterocycles. The predicted octanol–water partition coefficient (Wildman–Crippen LogP) is 3.67. The van der Waals surface area contributed by atoms with Gasteiger partial charge in [-0.2, -0.15) is 13.2 Å². The smallest absolute Gasteiger partial charge is 0.416 e. The van der Waals surface area contributed by atoms with Crippen LogP contribution in [0.2, 0.25) is 0 Å². The van der Waals surface area contributed by atoms with Crippen molar-refractivity contribution in [1.82, 2.24) is 0 Å². The lowest BCUT2D eigenvalue weighted by molar-refractivity contribution is -0.146. The Labute approximate surface area is 103 Å². The van der Waals surface area contributed by atoms with Crippen LogP contribution in [0.15, 0.2) is 18.2 Å². The third kappa shape index (κ3) is 3.24. The zero-order chi connectivity index (χ0) is 14.1. The van der Waals surface area contributed by atoms with Crippen LogP contribution in [0.5, 0.6) is 0 Å². The van der Waals surface area contributed by atoms with E-state index in [0.717, 1.165) is 6.07 Å². The number of benzene rings is 1. The molecule has 1 N–H and O–H groups in total. The lowest BCUT2D eigenvalue weighted by Gasteiger charge is -2.20. The number of hydrogen-bond acceptors (Lipinski definition) is 1. The number of aryl methyl sites for hydroxylation is 1. The average Bonchev–Trinajstić information content (AvgIpc) is 2.18. The molecule has 2 nitrogen and oxygen atoms in total. The fourth-order valence-corrected chi connectivity index (χ4v) is 1.67. The summed E-state index contributed by atoms with van der Waals surface area (Å²) in [6.07, 6.45) is -4.35. The second-order valence-electron chi connectivity index (χ2n) is 5.01. The summed E-state index contributed by atoms with van der Waals surface area (Å²) in [5.41, 5.74) is -1.28. The lowest BCUT2D eigenvalue weighted by atomic mass is 9.85. The molecule has 0 fully saturated rings. The molecule has 1 aromatic rings. The van der Waals surface area contributed by atoms with Crippen molar-refractivity contribution >= 4 is 5.97 Å². The van der Waals surface area contributed by atoms with Crippen LogP contribution in [0.4, 0.5) is 13.2 Å². The standard InChI is InChI=1S/C13H15F3O2/c1-8-4-5-9(6-10(8)13(14,15)16)7-12(2,3)11(17)18/h4-6H,7H2,1-3H3,(H,17,18). The van der Waals surface area contributed by atoms with Crippen LogP contribution >= 0.6 is 0 Å². The van der Waals surface area contributed by atoms with E-state index >= 15 is 0 Å². The molecular weight excluding hydrogens is 245 g/mol. The average molecular weight is 260 g/mol. The second kappa shape index (κ2) is 4.63. The summed E-state index contributed by atoms with van der Waals surface area (Å²) >= 11 is 0. The van der Waals surface area contributed by atoms with E-state index in [1.54, 1.807) is 0 Å². The van der Waals surface area contributed by atoms with E-state index in [-0.39, 0.29) is 12.0 Å². The number of carbonyl (C=O) groups is 1. The Balaban J connectivity index is 3.11. The summed E-state index contributed by atoms with van der Waals surface area (Å²) in [5.74, 6) is -1.03. The number of rotatable bonds is 3. The number of carboxylic acid groups (broad SMARTS) is 1. The highest BCUT2D eigenvalue weighted by molar-refractivity contribution is 5.74. The first kappa shape index (κ1) is 14.5. The first-order valence-electron chi connectivity index (χ1n) is 5.44. The third-order valence-corrected chi connectivity index (χ3v) is 2.83. The topological polar surface area (TPSA) is 37.3 Å². The van der Waals surface area contributed by atoms with Gasteiger partial charge in [0.2, 0.25) is 0 Å². The number of aliphatic carboxylic acids is 1. The van der Waals surface area contributed by atoms with Crippen molar-refractivity contribution in [2.75, 3.05) is 0 Å². The minimum absolute atomic E-state index is 0.0612. The van der Waals surface area contributed by atoms with Crippen LogP contribution in [0.3, 0.4) is 0 Å². The molecule has 0 unspecified atom stereocenters. The Kier molecular flexibility index (Phi) is 3.74. The third-order valence-electron chi connectivity index (χ3n) is 2.83. The number of hydrogen-bond donors (Lipinski definition) is 1. The van der Waals surface area contributed by atoms with E-state index in [1.807, 2.05) is 0 Å². The van der Waals surface area contributed by atoms with Gasteiger partial charge in [-0.1, -0.05) is 12.1 Å². The number of halogens is 3. The molecule has 1 aromatic carbocycles. The molecular formula is C13H15F3O2. The Morgan fingerprint density at radius 3 is 2.28 bits per heavy atom. The molecule has 18 heavy (non-hydrogen) atoms. The summed E-state index contributed by atoms with van der Waals surface area (Å²) in [6, 6.07) is 3.94. The van der Waals surface area contributed by atoms with Gasteiger partial charge in [-0.15, -0.1) is 0 Å². The van der Waals surface area contributed by atoms with Gasteiger partial charge in [0.25, 0.3) is 0 Å². The number of alkyl halides is 3. The maximum Gasteiger partial charge on any atom is 0.416 e. The van der Waals surface area contributed by atoms with E-state index in [0.29, 0.717) is 5.56 Å². The Morgan fingerprint density at radius 2 is 1.83 bits per heavy atom. The molecule has 5 heteroatoms. The Morgan fingerprint density at radius 1 is 1.28 bits per heavy atom. The van der Waals surface area contributed by atoms with Crippen molar-refractivity contribution in [2.24, 2.45) is 5.41 Å². The predicted molar refractivity (Wildman–Crippen MR) is 61.3 cm³/mol. The summed E-state index contributed by atoms with van der Waals surface area (Å²) in [7, 11) is 0. The molecule has 0 saturated heterocycles. The molecule has 100 valence electrons. The Bertz CT molecular complexity index is 462. The monoisotopic (exact) mass is 260 g/mol. The normalized spacial score (nSPS) is 12.6. The van der Waals surface area contributed by atoms with Crippen LogP contribution in [-0.2, 0) is 17.4 Å². The zero-order valence-corrected chi connectivity index (χ0v) is 10.4. The van der Waals surface area contributed by atoms with E-state index in [1.165, 1.54) is 32.9 Å². The van der Waals surface area contributed by atoms with Crippen LogP contribution in [0.1, 0.15) is 30.5 Å².